The van der Waals surface area contributed by atoms with Crippen molar-refractivity contribution in [1.29, 1.82) is 5.41 Å². The number of rotatable bonds is 10. The van der Waals surface area contributed by atoms with Gasteiger partial charge in [0.25, 0.3) is 0 Å². The molecule has 0 saturated carbocycles. The molecule has 13 heteroatoms. The fraction of sp³-hybridized carbons (Fsp3) is 0.517. The van der Waals surface area contributed by atoms with Crippen molar-refractivity contribution in [3.05, 3.63) is 42.5 Å². The number of likely N-dealkylation sites (tertiary alicyclic amines) is 2. The third kappa shape index (κ3) is 8.19. The van der Waals surface area contributed by atoms with Crippen molar-refractivity contribution < 1.29 is 27.9 Å². The molecule has 0 radical (unpaired) electrons. The average molecular weight is 601 g/mol. The van der Waals surface area contributed by atoms with E-state index in [0.717, 1.165) is 43.9 Å². The van der Waals surface area contributed by atoms with Gasteiger partial charge in [-0.15, -0.1) is 0 Å². The van der Waals surface area contributed by atoms with Gasteiger partial charge in [-0.3, -0.25) is 19.8 Å². The number of sulfonamides is 1. The Bertz CT molecular complexity index is 1410. The van der Waals surface area contributed by atoms with E-state index in [4.69, 9.17) is 11.1 Å². The van der Waals surface area contributed by atoms with Crippen LogP contribution in [0.15, 0.2) is 47.4 Å². The largest absolute Gasteiger partial charge is 0.480 e. The minimum absolute atomic E-state index is 0.0313. The highest BCUT2D eigenvalue weighted by atomic mass is 32.2. The topological polar surface area (TPSA) is 177 Å². The number of aliphatic carboxylic acids is 1. The fourth-order valence-electron chi connectivity index (χ4n) is 5.75. The molecule has 0 spiro atoms. The summed E-state index contributed by atoms with van der Waals surface area (Å²) < 4.78 is 29.6. The van der Waals surface area contributed by atoms with Gasteiger partial charge >= 0.3 is 5.97 Å². The molecular weight excluding hydrogens is 560 g/mol. The molecule has 12 nitrogen and oxygen atoms in total. The summed E-state index contributed by atoms with van der Waals surface area (Å²) in [5.74, 6) is -2.55. The van der Waals surface area contributed by atoms with Crippen LogP contribution in [0.3, 0.4) is 0 Å². The molecule has 0 aliphatic carbocycles. The van der Waals surface area contributed by atoms with E-state index in [1.807, 2.05) is 12.1 Å². The number of guanidine groups is 1. The van der Waals surface area contributed by atoms with Crippen molar-refractivity contribution in [2.75, 3.05) is 39.3 Å². The molecule has 228 valence electrons. The summed E-state index contributed by atoms with van der Waals surface area (Å²) in [4.78, 5) is 43.5. The van der Waals surface area contributed by atoms with Crippen molar-refractivity contribution in [2.24, 2.45) is 11.7 Å². The zero-order chi connectivity index (χ0) is 30.3. The maximum atomic E-state index is 13.7. The second-order valence-electron chi connectivity index (χ2n) is 11.1. The maximum Gasteiger partial charge on any atom is 0.323 e. The minimum atomic E-state index is -4.21. The smallest absolute Gasteiger partial charge is 0.323 e. The first-order valence-electron chi connectivity index (χ1n) is 14.4. The van der Waals surface area contributed by atoms with Crippen LogP contribution in [-0.2, 0) is 24.4 Å². The van der Waals surface area contributed by atoms with Crippen LogP contribution in [0.25, 0.3) is 10.8 Å². The van der Waals surface area contributed by atoms with E-state index in [0.29, 0.717) is 31.6 Å². The Morgan fingerprint density at radius 2 is 1.67 bits per heavy atom. The summed E-state index contributed by atoms with van der Waals surface area (Å²) in [6.45, 7) is 1.45. The molecule has 4 rings (SSSR count). The van der Waals surface area contributed by atoms with E-state index in [1.54, 1.807) is 28.0 Å². The summed E-state index contributed by atoms with van der Waals surface area (Å²) in [5, 5.41) is 18.9. The van der Waals surface area contributed by atoms with E-state index in [2.05, 4.69) is 4.72 Å². The van der Waals surface area contributed by atoms with Gasteiger partial charge < -0.3 is 25.5 Å². The van der Waals surface area contributed by atoms with Gasteiger partial charge in [-0.05, 0) is 54.5 Å². The SMILES string of the molecule is N=C(N)N1CCC[C@@H](CN(CC(=O)O)C(=O)C[C@H](NS(=O)(=O)c2ccc3ccccc3c2)C(=O)N2CCCCCC2)C1. The summed E-state index contributed by atoms with van der Waals surface area (Å²) in [6.07, 6.45) is 4.42. The van der Waals surface area contributed by atoms with E-state index in [-0.39, 0.29) is 23.3 Å². The molecule has 2 aliphatic rings. The minimum Gasteiger partial charge on any atom is -0.480 e. The number of carbonyl (C=O) groups excluding carboxylic acids is 2. The van der Waals surface area contributed by atoms with Gasteiger partial charge in [-0.1, -0.05) is 43.2 Å². The van der Waals surface area contributed by atoms with E-state index in [1.165, 1.54) is 17.0 Å². The summed E-state index contributed by atoms with van der Waals surface area (Å²) in [7, 11) is -4.21. The number of nitrogens with one attached hydrogen (secondary N) is 2. The lowest BCUT2D eigenvalue weighted by atomic mass is 9.97. The molecule has 2 aliphatic heterocycles. The number of fused-ring (bicyclic) bond motifs is 1. The molecule has 42 heavy (non-hydrogen) atoms. The maximum absolute atomic E-state index is 13.7. The van der Waals surface area contributed by atoms with Crippen molar-refractivity contribution in [1.82, 2.24) is 19.4 Å². The Balaban J connectivity index is 1.58. The monoisotopic (exact) mass is 600 g/mol. The molecule has 0 bridgehead atoms. The van der Waals surface area contributed by atoms with Crippen molar-refractivity contribution >= 4 is 44.5 Å². The second-order valence-corrected chi connectivity index (χ2v) is 12.8. The van der Waals surface area contributed by atoms with E-state index >= 15 is 0 Å². The number of nitrogens with zero attached hydrogens (tertiary/aromatic N) is 3. The number of carbonyl (C=O) groups is 3. The van der Waals surface area contributed by atoms with Crippen LogP contribution >= 0.6 is 0 Å². The molecule has 0 aromatic heterocycles. The Morgan fingerprint density at radius 1 is 1.00 bits per heavy atom. The van der Waals surface area contributed by atoms with Crippen molar-refractivity contribution in [2.45, 2.75) is 55.9 Å². The average Bonchev–Trinajstić information content (AvgIpc) is 3.25. The van der Waals surface area contributed by atoms with Crippen LogP contribution in [0, 0.1) is 11.3 Å². The number of carboxylic acid groups (broad SMARTS) is 1. The molecule has 2 amide bonds. The zero-order valence-electron chi connectivity index (χ0n) is 23.7. The third-order valence-electron chi connectivity index (χ3n) is 7.94. The predicted molar refractivity (Wildman–Crippen MR) is 158 cm³/mol. The van der Waals surface area contributed by atoms with Crippen LogP contribution in [0.1, 0.15) is 44.9 Å². The molecular formula is C29H40N6O6S. The number of hydrogen-bond donors (Lipinski definition) is 4. The quantitative estimate of drug-likeness (QED) is 0.236. The molecule has 5 N–H and O–H groups in total. The zero-order valence-corrected chi connectivity index (χ0v) is 24.5. The first kappa shape index (κ1) is 31.2. The Kier molecular flexibility index (Phi) is 10.4. The molecule has 2 aromatic rings. The van der Waals surface area contributed by atoms with Crippen LogP contribution in [0.4, 0.5) is 0 Å². The van der Waals surface area contributed by atoms with Gasteiger partial charge in [0, 0.05) is 32.7 Å². The van der Waals surface area contributed by atoms with Crippen LogP contribution in [0.5, 0.6) is 0 Å². The number of hydrogen-bond acceptors (Lipinski definition) is 6. The summed E-state index contributed by atoms with van der Waals surface area (Å²) in [5.41, 5.74) is 5.65. The van der Waals surface area contributed by atoms with Crippen LogP contribution < -0.4 is 10.5 Å². The van der Waals surface area contributed by atoms with Crippen molar-refractivity contribution in [3.8, 4) is 0 Å². The highest BCUT2D eigenvalue weighted by Crippen LogP contribution is 2.22. The summed E-state index contributed by atoms with van der Waals surface area (Å²) >= 11 is 0. The number of benzene rings is 2. The Hall–Kier alpha value is -3.71. The number of piperidine rings is 1. The molecule has 2 fully saturated rings. The second kappa shape index (κ2) is 14.0. The molecule has 2 atom stereocenters. The van der Waals surface area contributed by atoms with Crippen LogP contribution in [-0.4, -0.2) is 97.3 Å². The lowest BCUT2D eigenvalue weighted by Gasteiger charge is -2.36. The van der Waals surface area contributed by atoms with E-state index < -0.39 is 46.8 Å². The molecule has 2 heterocycles. The predicted octanol–water partition coefficient (Wildman–Crippen LogP) is 1.80. The number of amides is 2. The lowest BCUT2D eigenvalue weighted by molar-refractivity contribution is -0.146. The highest BCUT2D eigenvalue weighted by molar-refractivity contribution is 7.89. The number of carboxylic acids is 1. The molecule has 2 saturated heterocycles. The summed E-state index contributed by atoms with van der Waals surface area (Å²) in [6, 6.07) is 10.6. The Labute approximate surface area is 246 Å². The van der Waals surface area contributed by atoms with Gasteiger partial charge in [0.2, 0.25) is 21.8 Å². The molecule has 0 unspecified atom stereocenters. The Morgan fingerprint density at radius 3 is 2.33 bits per heavy atom. The van der Waals surface area contributed by atoms with E-state index in [9.17, 15) is 27.9 Å². The van der Waals surface area contributed by atoms with Crippen molar-refractivity contribution in [3.63, 3.8) is 0 Å². The lowest BCUT2D eigenvalue weighted by Crippen LogP contribution is -2.52. The third-order valence-corrected chi connectivity index (χ3v) is 9.41. The highest BCUT2D eigenvalue weighted by Gasteiger charge is 2.34. The number of nitrogens with two attached hydrogens (primary N) is 1. The van der Waals surface area contributed by atoms with Gasteiger partial charge in [-0.2, -0.15) is 4.72 Å². The first-order valence-corrected chi connectivity index (χ1v) is 15.9. The van der Waals surface area contributed by atoms with Gasteiger partial charge in [-0.25, -0.2) is 8.42 Å². The van der Waals surface area contributed by atoms with Gasteiger partial charge in [0.15, 0.2) is 5.96 Å². The van der Waals surface area contributed by atoms with Crippen LogP contribution in [0.2, 0.25) is 0 Å². The molecule has 2 aromatic carbocycles. The standard InChI is InChI=1S/C29H40N6O6S/c30-29(31)34-15-7-8-21(18-34)19-35(20-27(37)38)26(36)17-25(28(39)33-13-5-1-2-6-14-33)32-42(40,41)24-12-11-22-9-3-4-10-23(22)16-24/h3-4,9-12,16,21,25,32H,1-2,5-8,13-15,17-20H2,(H3,30,31)(H,37,38)/t21-,25+/m1/s1. The fourth-order valence-corrected chi connectivity index (χ4v) is 6.97. The normalized spacial score (nSPS) is 18.7. The van der Waals surface area contributed by atoms with Gasteiger partial charge in [0.1, 0.15) is 12.6 Å². The first-order chi connectivity index (χ1) is 20.0. The van der Waals surface area contributed by atoms with Gasteiger partial charge in [0.05, 0.1) is 11.3 Å².